The molecule has 1 aliphatic rings. The van der Waals surface area contributed by atoms with Gasteiger partial charge in [-0.3, -0.25) is 9.69 Å². The molecule has 4 heteroatoms. The number of rotatable bonds is 2. The van der Waals surface area contributed by atoms with E-state index in [1.807, 2.05) is 12.4 Å². The van der Waals surface area contributed by atoms with Crippen molar-refractivity contribution in [1.82, 2.24) is 4.98 Å². The van der Waals surface area contributed by atoms with Gasteiger partial charge >= 0.3 is 0 Å². The van der Waals surface area contributed by atoms with Crippen LogP contribution < -0.4 is 4.90 Å². The zero-order valence-electron chi connectivity index (χ0n) is 9.85. The maximum atomic E-state index is 12.2. The molecule has 3 nitrogen and oxygen atoms in total. The summed E-state index contributed by atoms with van der Waals surface area (Å²) in [4.78, 5) is 18.1. The minimum Gasteiger partial charge on any atom is -0.291 e. The van der Waals surface area contributed by atoms with E-state index in [1.165, 1.54) is 24.2 Å². The summed E-state index contributed by atoms with van der Waals surface area (Å²) in [7, 11) is 1.83. The van der Waals surface area contributed by atoms with Crippen molar-refractivity contribution < 1.29 is 4.79 Å². The van der Waals surface area contributed by atoms with Crippen LogP contribution in [-0.2, 0) is 4.79 Å². The fourth-order valence-electron chi connectivity index (χ4n) is 2.26. The van der Waals surface area contributed by atoms with Gasteiger partial charge in [0, 0.05) is 24.5 Å². The Morgan fingerprint density at radius 2 is 2.12 bits per heavy atom. The number of carbonyl (C=O) groups is 1. The highest BCUT2D eigenvalue weighted by molar-refractivity contribution is 7.13. The third-order valence-electron chi connectivity index (χ3n) is 3.40. The van der Waals surface area contributed by atoms with Crippen molar-refractivity contribution in [2.75, 3.05) is 11.9 Å². The molecule has 0 unspecified atom stereocenters. The average Bonchev–Trinajstić information content (AvgIpc) is 2.81. The van der Waals surface area contributed by atoms with Crippen molar-refractivity contribution in [2.24, 2.45) is 11.8 Å². The molecule has 0 bridgehead atoms. The second-order valence-electron chi connectivity index (χ2n) is 4.67. The lowest BCUT2D eigenvalue weighted by molar-refractivity contribution is -0.123. The summed E-state index contributed by atoms with van der Waals surface area (Å²) in [5.41, 5.74) is 0. The maximum absolute atomic E-state index is 12.2. The van der Waals surface area contributed by atoms with Gasteiger partial charge in [-0.05, 0) is 31.6 Å². The molecule has 0 spiro atoms. The molecular weight excluding hydrogens is 220 g/mol. The first-order chi connectivity index (χ1) is 7.68. The second-order valence-corrected chi connectivity index (χ2v) is 5.54. The summed E-state index contributed by atoms with van der Waals surface area (Å²) in [6, 6.07) is 0. The maximum Gasteiger partial charge on any atom is 0.231 e. The summed E-state index contributed by atoms with van der Waals surface area (Å²) in [5.74, 6) is 1.24. The van der Waals surface area contributed by atoms with Crippen molar-refractivity contribution >= 4 is 22.4 Å². The molecule has 0 radical (unpaired) electrons. The van der Waals surface area contributed by atoms with Gasteiger partial charge in [0.2, 0.25) is 5.91 Å². The first-order valence-corrected chi connectivity index (χ1v) is 6.73. The normalized spacial score (nSPS) is 25.4. The Morgan fingerprint density at radius 1 is 1.44 bits per heavy atom. The number of hydrogen-bond donors (Lipinski definition) is 0. The van der Waals surface area contributed by atoms with Crippen LogP contribution in [0.5, 0.6) is 0 Å². The molecule has 0 aromatic carbocycles. The summed E-state index contributed by atoms with van der Waals surface area (Å²) < 4.78 is 0. The lowest BCUT2D eigenvalue weighted by Crippen LogP contribution is -2.34. The van der Waals surface area contributed by atoms with Crippen molar-refractivity contribution in [3.05, 3.63) is 11.6 Å². The van der Waals surface area contributed by atoms with Gasteiger partial charge in [-0.25, -0.2) is 4.98 Å². The standard InChI is InChI=1S/C12H18N2OS/c1-9-3-5-10(6-4-9)11(15)14(2)12-13-7-8-16-12/h7-10H,3-6H2,1-2H3. The van der Waals surface area contributed by atoms with Gasteiger partial charge < -0.3 is 0 Å². The Morgan fingerprint density at radius 3 is 2.69 bits per heavy atom. The Labute approximate surface area is 100 Å². The highest BCUT2D eigenvalue weighted by atomic mass is 32.1. The third kappa shape index (κ3) is 2.43. The molecule has 1 amide bonds. The van der Waals surface area contributed by atoms with Gasteiger partial charge in [0.15, 0.2) is 5.13 Å². The molecule has 16 heavy (non-hydrogen) atoms. The number of carbonyl (C=O) groups excluding carboxylic acids is 1. The van der Waals surface area contributed by atoms with Crippen LogP contribution in [0, 0.1) is 11.8 Å². The Kier molecular flexibility index (Phi) is 3.59. The van der Waals surface area contributed by atoms with Gasteiger partial charge in [-0.2, -0.15) is 0 Å². The van der Waals surface area contributed by atoms with E-state index in [1.54, 1.807) is 11.1 Å². The molecule has 1 saturated carbocycles. The van der Waals surface area contributed by atoms with Crippen molar-refractivity contribution in [3.8, 4) is 0 Å². The lowest BCUT2D eigenvalue weighted by atomic mass is 9.82. The highest BCUT2D eigenvalue weighted by Crippen LogP contribution is 2.30. The fourth-order valence-corrected chi connectivity index (χ4v) is 2.87. The van der Waals surface area contributed by atoms with E-state index in [9.17, 15) is 4.79 Å². The van der Waals surface area contributed by atoms with Gasteiger partial charge in [0.25, 0.3) is 0 Å². The van der Waals surface area contributed by atoms with Crippen LogP contribution in [-0.4, -0.2) is 17.9 Å². The minimum atomic E-state index is 0.213. The molecule has 88 valence electrons. The summed E-state index contributed by atoms with van der Waals surface area (Å²) in [6.07, 6.45) is 6.18. The zero-order chi connectivity index (χ0) is 11.5. The number of thiazole rings is 1. The number of amides is 1. The number of aromatic nitrogens is 1. The smallest absolute Gasteiger partial charge is 0.231 e. The molecule has 1 aromatic heterocycles. The van der Waals surface area contributed by atoms with Gasteiger partial charge in [-0.15, -0.1) is 11.3 Å². The van der Waals surface area contributed by atoms with Crippen LogP contribution in [0.3, 0.4) is 0 Å². The molecule has 1 aliphatic carbocycles. The predicted octanol–water partition coefficient (Wildman–Crippen LogP) is 2.93. The molecule has 0 atom stereocenters. The molecule has 1 fully saturated rings. The van der Waals surface area contributed by atoms with Crippen LogP contribution in [0.2, 0.25) is 0 Å². The summed E-state index contributed by atoms with van der Waals surface area (Å²) >= 11 is 1.52. The SMILES string of the molecule is CC1CCC(C(=O)N(C)c2nccs2)CC1. The Balaban J connectivity index is 1.97. The molecule has 1 heterocycles. The monoisotopic (exact) mass is 238 g/mol. The quantitative estimate of drug-likeness (QED) is 0.793. The molecule has 2 rings (SSSR count). The molecule has 0 saturated heterocycles. The van der Waals surface area contributed by atoms with Crippen LogP contribution in [0.15, 0.2) is 11.6 Å². The van der Waals surface area contributed by atoms with Crippen LogP contribution in [0.4, 0.5) is 5.13 Å². The molecule has 1 aromatic rings. The van der Waals surface area contributed by atoms with Gasteiger partial charge in [0.05, 0.1) is 0 Å². The highest BCUT2D eigenvalue weighted by Gasteiger charge is 2.27. The number of anilines is 1. The minimum absolute atomic E-state index is 0.213. The first kappa shape index (κ1) is 11.6. The third-order valence-corrected chi connectivity index (χ3v) is 4.25. The Bertz CT molecular complexity index is 342. The number of hydrogen-bond acceptors (Lipinski definition) is 3. The summed E-state index contributed by atoms with van der Waals surface area (Å²) in [5, 5.41) is 2.71. The van der Waals surface area contributed by atoms with E-state index < -0.39 is 0 Å². The topological polar surface area (TPSA) is 33.2 Å². The summed E-state index contributed by atoms with van der Waals surface area (Å²) in [6.45, 7) is 2.27. The largest absolute Gasteiger partial charge is 0.291 e. The van der Waals surface area contributed by atoms with E-state index in [0.717, 1.165) is 23.9 Å². The first-order valence-electron chi connectivity index (χ1n) is 5.85. The zero-order valence-corrected chi connectivity index (χ0v) is 10.7. The fraction of sp³-hybridized carbons (Fsp3) is 0.667. The van der Waals surface area contributed by atoms with Gasteiger partial charge in [0.1, 0.15) is 0 Å². The van der Waals surface area contributed by atoms with E-state index >= 15 is 0 Å². The van der Waals surface area contributed by atoms with Crippen LogP contribution >= 0.6 is 11.3 Å². The Hall–Kier alpha value is -0.900. The lowest BCUT2D eigenvalue weighted by Gasteiger charge is -2.27. The predicted molar refractivity (Wildman–Crippen MR) is 66.6 cm³/mol. The average molecular weight is 238 g/mol. The van der Waals surface area contributed by atoms with E-state index in [0.29, 0.717) is 0 Å². The van der Waals surface area contributed by atoms with E-state index in [4.69, 9.17) is 0 Å². The molecule has 0 N–H and O–H groups in total. The molecular formula is C12H18N2OS. The van der Waals surface area contributed by atoms with Crippen molar-refractivity contribution in [2.45, 2.75) is 32.6 Å². The van der Waals surface area contributed by atoms with Crippen LogP contribution in [0.25, 0.3) is 0 Å². The van der Waals surface area contributed by atoms with E-state index in [2.05, 4.69) is 11.9 Å². The van der Waals surface area contributed by atoms with Crippen LogP contribution in [0.1, 0.15) is 32.6 Å². The second kappa shape index (κ2) is 4.95. The van der Waals surface area contributed by atoms with Crippen molar-refractivity contribution in [1.29, 1.82) is 0 Å². The number of nitrogens with zero attached hydrogens (tertiary/aromatic N) is 2. The molecule has 0 aliphatic heterocycles. The van der Waals surface area contributed by atoms with E-state index in [-0.39, 0.29) is 11.8 Å². The van der Waals surface area contributed by atoms with Crippen molar-refractivity contribution in [3.63, 3.8) is 0 Å². The van der Waals surface area contributed by atoms with Gasteiger partial charge in [-0.1, -0.05) is 6.92 Å².